The zero-order valence-corrected chi connectivity index (χ0v) is 16.8. The molecule has 0 bridgehead atoms. The van der Waals surface area contributed by atoms with Crippen LogP contribution in [0, 0.1) is 11.3 Å². The number of rotatable bonds is 4. The fourth-order valence-corrected chi connectivity index (χ4v) is 4.20. The first-order chi connectivity index (χ1) is 14.7. The average molecular weight is 401 g/mol. The van der Waals surface area contributed by atoms with Gasteiger partial charge in [-0.15, -0.1) is 0 Å². The monoisotopic (exact) mass is 401 g/mol. The molecule has 0 aliphatic carbocycles. The van der Waals surface area contributed by atoms with Gasteiger partial charge in [0.05, 0.1) is 31.0 Å². The summed E-state index contributed by atoms with van der Waals surface area (Å²) in [4.78, 5) is 4.53. The Morgan fingerprint density at radius 2 is 2.13 bits per heavy atom. The van der Waals surface area contributed by atoms with Gasteiger partial charge in [-0.1, -0.05) is 6.07 Å². The predicted molar refractivity (Wildman–Crippen MR) is 112 cm³/mol. The third kappa shape index (κ3) is 3.51. The molecule has 1 aromatic carbocycles. The smallest absolute Gasteiger partial charge is 0.137 e. The quantitative estimate of drug-likeness (QED) is 0.719. The van der Waals surface area contributed by atoms with E-state index >= 15 is 0 Å². The van der Waals surface area contributed by atoms with Gasteiger partial charge in [0.25, 0.3) is 0 Å². The number of anilines is 1. The van der Waals surface area contributed by atoms with Crippen molar-refractivity contribution in [3.05, 3.63) is 59.5 Å². The Morgan fingerprint density at radius 1 is 1.27 bits per heavy atom. The summed E-state index contributed by atoms with van der Waals surface area (Å²) in [5, 5.41) is 17.5. The van der Waals surface area contributed by atoms with Crippen molar-refractivity contribution < 1.29 is 9.47 Å². The molecule has 30 heavy (non-hydrogen) atoms. The van der Waals surface area contributed by atoms with E-state index in [9.17, 15) is 5.26 Å². The van der Waals surface area contributed by atoms with Gasteiger partial charge in [-0.25, -0.2) is 4.98 Å². The Kier molecular flexibility index (Phi) is 4.85. The summed E-state index contributed by atoms with van der Waals surface area (Å²) in [5.74, 6) is 1.53. The Labute approximate surface area is 175 Å². The molecule has 4 heterocycles. The van der Waals surface area contributed by atoms with E-state index in [4.69, 9.17) is 9.47 Å². The lowest BCUT2D eigenvalue weighted by Gasteiger charge is -2.24. The Hall–Kier alpha value is -3.37. The van der Waals surface area contributed by atoms with Gasteiger partial charge in [-0.2, -0.15) is 10.4 Å². The summed E-state index contributed by atoms with van der Waals surface area (Å²) >= 11 is 0. The molecular weight excluding hydrogens is 378 g/mol. The molecule has 2 aliphatic rings. The summed E-state index contributed by atoms with van der Waals surface area (Å²) in [6.07, 6.45) is 8.36. The molecule has 7 nitrogen and oxygen atoms in total. The molecule has 2 aromatic heterocycles. The van der Waals surface area contributed by atoms with Crippen LogP contribution in [0.2, 0.25) is 0 Å². The first-order valence-electron chi connectivity index (χ1n) is 10.2. The van der Waals surface area contributed by atoms with Crippen molar-refractivity contribution in [2.24, 2.45) is 7.05 Å². The van der Waals surface area contributed by atoms with Crippen LogP contribution in [0.3, 0.4) is 0 Å². The van der Waals surface area contributed by atoms with E-state index < -0.39 is 0 Å². The lowest BCUT2D eigenvalue weighted by molar-refractivity contribution is 0.0254. The lowest BCUT2D eigenvalue weighted by Crippen LogP contribution is -2.26. The van der Waals surface area contributed by atoms with Gasteiger partial charge in [0.2, 0.25) is 0 Å². The largest absolute Gasteiger partial charge is 0.489 e. The van der Waals surface area contributed by atoms with Gasteiger partial charge >= 0.3 is 0 Å². The van der Waals surface area contributed by atoms with Crippen LogP contribution in [0.25, 0.3) is 11.1 Å². The fourth-order valence-electron chi connectivity index (χ4n) is 4.20. The second kappa shape index (κ2) is 7.81. The number of aryl methyl sites for hydroxylation is 1. The first-order valence-corrected chi connectivity index (χ1v) is 10.2. The fraction of sp³-hybridized carbons (Fsp3) is 0.348. The van der Waals surface area contributed by atoms with Crippen molar-refractivity contribution in [3.8, 4) is 22.9 Å². The van der Waals surface area contributed by atoms with Crippen molar-refractivity contribution in [1.29, 1.82) is 5.26 Å². The summed E-state index contributed by atoms with van der Waals surface area (Å²) < 4.78 is 13.3. The predicted octanol–water partition coefficient (Wildman–Crippen LogP) is 3.62. The Morgan fingerprint density at radius 3 is 2.90 bits per heavy atom. The molecule has 1 atom stereocenters. The number of fused-ring (bicyclic) bond motifs is 1. The van der Waals surface area contributed by atoms with Gasteiger partial charge in [0.15, 0.2) is 0 Å². The van der Waals surface area contributed by atoms with Gasteiger partial charge in [-0.05, 0) is 29.3 Å². The molecule has 0 amide bonds. The molecule has 1 unspecified atom stereocenters. The minimum absolute atomic E-state index is 0.103. The first kappa shape index (κ1) is 18.6. The number of aromatic nitrogens is 3. The number of hydrogen-bond acceptors (Lipinski definition) is 6. The van der Waals surface area contributed by atoms with Crippen molar-refractivity contribution in [3.63, 3.8) is 0 Å². The number of nitriles is 1. The highest BCUT2D eigenvalue weighted by Crippen LogP contribution is 2.39. The SMILES string of the molecule is Cn1cc(C2Cc3c(-c4ccc(OC5CCOCC5)c(C#N)c4)ccnc3N2)cn1. The van der Waals surface area contributed by atoms with E-state index in [1.54, 1.807) is 0 Å². The lowest BCUT2D eigenvalue weighted by atomic mass is 9.96. The van der Waals surface area contributed by atoms with E-state index in [0.717, 1.165) is 47.3 Å². The topological polar surface area (TPSA) is 85.0 Å². The van der Waals surface area contributed by atoms with Crippen LogP contribution >= 0.6 is 0 Å². The zero-order chi connectivity index (χ0) is 20.5. The van der Waals surface area contributed by atoms with Crippen LogP contribution in [0.15, 0.2) is 42.9 Å². The minimum Gasteiger partial charge on any atom is -0.489 e. The molecule has 2 aliphatic heterocycles. The normalized spacial score (nSPS) is 18.5. The van der Waals surface area contributed by atoms with Crippen LogP contribution in [-0.2, 0) is 18.2 Å². The summed E-state index contributed by atoms with van der Waals surface area (Å²) in [6.45, 7) is 1.41. The van der Waals surface area contributed by atoms with Crippen molar-refractivity contribution >= 4 is 5.82 Å². The molecule has 3 aromatic rings. The van der Waals surface area contributed by atoms with Gasteiger partial charge < -0.3 is 14.8 Å². The van der Waals surface area contributed by atoms with E-state index in [1.807, 2.05) is 54.6 Å². The summed E-state index contributed by atoms with van der Waals surface area (Å²) in [7, 11) is 1.92. The summed E-state index contributed by atoms with van der Waals surface area (Å²) in [6, 6.07) is 10.3. The number of benzene rings is 1. The molecule has 0 spiro atoms. The van der Waals surface area contributed by atoms with Crippen LogP contribution in [0.1, 0.15) is 35.6 Å². The second-order valence-corrected chi connectivity index (χ2v) is 7.79. The van der Waals surface area contributed by atoms with Crippen molar-refractivity contribution in [2.75, 3.05) is 18.5 Å². The molecule has 1 fully saturated rings. The maximum atomic E-state index is 9.72. The number of hydrogen-bond donors (Lipinski definition) is 1. The summed E-state index contributed by atoms with van der Waals surface area (Å²) in [5.41, 5.74) is 4.94. The van der Waals surface area contributed by atoms with Crippen molar-refractivity contribution in [2.45, 2.75) is 31.4 Å². The average Bonchev–Trinajstić information content (AvgIpc) is 3.40. The maximum Gasteiger partial charge on any atom is 0.137 e. The van der Waals surface area contributed by atoms with Gasteiger partial charge in [0, 0.05) is 49.8 Å². The highest BCUT2D eigenvalue weighted by atomic mass is 16.5. The second-order valence-electron chi connectivity index (χ2n) is 7.79. The molecule has 0 saturated carbocycles. The van der Waals surface area contributed by atoms with E-state index in [1.165, 1.54) is 0 Å². The molecule has 1 saturated heterocycles. The van der Waals surface area contributed by atoms with Crippen molar-refractivity contribution in [1.82, 2.24) is 14.8 Å². The van der Waals surface area contributed by atoms with E-state index in [2.05, 4.69) is 21.5 Å². The number of nitrogens with zero attached hydrogens (tertiary/aromatic N) is 4. The minimum atomic E-state index is 0.103. The van der Waals surface area contributed by atoms with Gasteiger partial charge in [-0.3, -0.25) is 4.68 Å². The van der Waals surface area contributed by atoms with E-state index in [-0.39, 0.29) is 12.1 Å². The van der Waals surface area contributed by atoms with Crippen LogP contribution < -0.4 is 10.1 Å². The van der Waals surface area contributed by atoms with Crippen LogP contribution in [-0.4, -0.2) is 34.1 Å². The highest BCUT2D eigenvalue weighted by Gasteiger charge is 2.27. The number of ether oxygens (including phenoxy) is 2. The molecule has 5 rings (SSSR count). The third-order valence-electron chi connectivity index (χ3n) is 5.78. The Bertz CT molecular complexity index is 1110. The number of pyridine rings is 1. The van der Waals surface area contributed by atoms with E-state index in [0.29, 0.717) is 24.5 Å². The standard InChI is InChI=1S/C23H23N5O2/c1-28-14-17(13-26-28)21-11-20-19(4-7-25-23(20)27-21)15-2-3-22(16(10-15)12-24)30-18-5-8-29-9-6-18/h2-4,7,10,13-14,18,21H,5-6,8-9,11H2,1H3,(H,25,27). The third-order valence-corrected chi connectivity index (χ3v) is 5.78. The zero-order valence-electron chi connectivity index (χ0n) is 16.8. The molecular formula is C23H23N5O2. The molecule has 7 heteroatoms. The maximum absolute atomic E-state index is 9.72. The molecule has 0 radical (unpaired) electrons. The Balaban J connectivity index is 1.43. The molecule has 152 valence electrons. The highest BCUT2D eigenvalue weighted by molar-refractivity contribution is 5.76. The van der Waals surface area contributed by atoms with Crippen LogP contribution in [0.5, 0.6) is 5.75 Å². The number of nitrogens with one attached hydrogen (secondary N) is 1. The van der Waals surface area contributed by atoms with Crippen LogP contribution in [0.4, 0.5) is 5.82 Å². The molecule has 1 N–H and O–H groups in total. The van der Waals surface area contributed by atoms with Gasteiger partial charge in [0.1, 0.15) is 23.7 Å².